The molecule has 6 aromatic carbocycles. The Morgan fingerprint density at radius 3 is 1.87 bits per heavy atom. The minimum Gasteiger partial charge on any atom is -0.0622 e. The molecule has 6 aromatic rings. The van der Waals surface area contributed by atoms with Gasteiger partial charge in [0.1, 0.15) is 0 Å². The zero-order valence-electron chi connectivity index (χ0n) is 17.5. The van der Waals surface area contributed by atoms with E-state index in [0.717, 1.165) is 0 Å². The van der Waals surface area contributed by atoms with Gasteiger partial charge in [-0.25, -0.2) is 0 Å². The Balaban J connectivity index is 1.66. The van der Waals surface area contributed by atoms with Crippen LogP contribution in [0.1, 0.15) is 5.56 Å². The summed E-state index contributed by atoms with van der Waals surface area (Å²) < 4.78 is 0. The predicted octanol–water partition coefficient (Wildman–Crippen LogP) is 8.79. The summed E-state index contributed by atoms with van der Waals surface area (Å²) in [5.74, 6) is 0. The van der Waals surface area contributed by atoms with Crippen LogP contribution in [0.25, 0.3) is 54.6 Å². The van der Waals surface area contributed by atoms with Gasteiger partial charge in [0.25, 0.3) is 0 Å². The number of aryl methyl sites for hydroxylation is 1. The van der Waals surface area contributed by atoms with Gasteiger partial charge in [0.2, 0.25) is 0 Å². The second-order valence-electron chi connectivity index (χ2n) is 8.30. The van der Waals surface area contributed by atoms with Crippen LogP contribution in [0, 0.1) is 6.92 Å². The van der Waals surface area contributed by atoms with Crippen LogP contribution in [-0.2, 0) is 0 Å². The van der Waals surface area contributed by atoms with E-state index in [4.69, 9.17) is 0 Å². The van der Waals surface area contributed by atoms with Crippen molar-refractivity contribution in [3.05, 3.63) is 121 Å². The van der Waals surface area contributed by atoms with Crippen molar-refractivity contribution in [1.29, 1.82) is 0 Å². The topological polar surface area (TPSA) is 0 Å². The van der Waals surface area contributed by atoms with Gasteiger partial charge >= 0.3 is 0 Å². The summed E-state index contributed by atoms with van der Waals surface area (Å²) in [6, 6.07) is 42.0. The van der Waals surface area contributed by atoms with E-state index in [-0.39, 0.29) is 0 Å². The SMILES string of the molecule is Cc1ccc(-c2cccc3c2ccc2cc4cccc(-c5ccccc5)c4cc23)cc1. The molecule has 0 spiro atoms. The fraction of sp³-hybridized carbons (Fsp3) is 0.0323. The van der Waals surface area contributed by atoms with Gasteiger partial charge in [-0.15, -0.1) is 0 Å². The van der Waals surface area contributed by atoms with Crippen molar-refractivity contribution in [3.8, 4) is 22.3 Å². The van der Waals surface area contributed by atoms with Crippen molar-refractivity contribution >= 4 is 32.3 Å². The maximum absolute atomic E-state index is 2.38. The molecule has 31 heavy (non-hydrogen) atoms. The smallest absolute Gasteiger partial charge is 0.00986 e. The summed E-state index contributed by atoms with van der Waals surface area (Å²) in [5.41, 5.74) is 6.38. The van der Waals surface area contributed by atoms with Crippen LogP contribution in [0.15, 0.2) is 115 Å². The molecule has 0 atom stereocenters. The Bertz CT molecular complexity index is 1560. The van der Waals surface area contributed by atoms with E-state index in [1.165, 1.54) is 60.1 Å². The number of benzene rings is 6. The molecule has 0 aliphatic rings. The van der Waals surface area contributed by atoms with Gasteiger partial charge in [0.15, 0.2) is 0 Å². The molecule has 0 bridgehead atoms. The van der Waals surface area contributed by atoms with E-state index >= 15 is 0 Å². The molecule has 0 saturated carbocycles. The lowest BCUT2D eigenvalue weighted by molar-refractivity contribution is 1.47. The molecule has 0 aliphatic carbocycles. The average Bonchev–Trinajstić information content (AvgIpc) is 2.83. The third-order valence-corrected chi connectivity index (χ3v) is 6.32. The Labute approximate surface area is 182 Å². The molecule has 0 nitrogen and oxygen atoms in total. The van der Waals surface area contributed by atoms with E-state index in [1.807, 2.05) is 0 Å². The lowest BCUT2D eigenvalue weighted by atomic mass is 9.91. The van der Waals surface area contributed by atoms with Crippen LogP contribution < -0.4 is 0 Å². The van der Waals surface area contributed by atoms with Gasteiger partial charge in [0.05, 0.1) is 0 Å². The zero-order chi connectivity index (χ0) is 20.8. The minimum atomic E-state index is 1.26. The number of rotatable bonds is 2. The summed E-state index contributed by atoms with van der Waals surface area (Å²) in [5, 5.41) is 7.78. The van der Waals surface area contributed by atoms with Gasteiger partial charge in [-0.05, 0) is 73.6 Å². The molecule has 0 fully saturated rings. The van der Waals surface area contributed by atoms with Crippen molar-refractivity contribution in [1.82, 2.24) is 0 Å². The van der Waals surface area contributed by atoms with Crippen molar-refractivity contribution in [2.24, 2.45) is 0 Å². The highest BCUT2D eigenvalue weighted by Gasteiger charge is 2.10. The molecule has 0 heteroatoms. The molecular weight excluding hydrogens is 372 g/mol. The predicted molar refractivity (Wildman–Crippen MR) is 135 cm³/mol. The summed E-state index contributed by atoms with van der Waals surface area (Å²) in [6.45, 7) is 2.13. The highest BCUT2D eigenvalue weighted by molar-refractivity contribution is 6.16. The summed E-state index contributed by atoms with van der Waals surface area (Å²) >= 11 is 0. The van der Waals surface area contributed by atoms with Gasteiger partial charge < -0.3 is 0 Å². The molecular formula is C31H22. The first-order valence-electron chi connectivity index (χ1n) is 10.8. The molecule has 0 heterocycles. The van der Waals surface area contributed by atoms with Crippen LogP contribution >= 0.6 is 0 Å². The lowest BCUT2D eigenvalue weighted by Gasteiger charge is -2.13. The van der Waals surface area contributed by atoms with Crippen molar-refractivity contribution in [3.63, 3.8) is 0 Å². The Morgan fingerprint density at radius 2 is 1.06 bits per heavy atom. The van der Waals surface area contributed by atoms with Gasteiger partial charge in [-0.2, -0.15) is 0 Å². The van der Waals surface area contributed by atoms with Crippen molar-refractivity contribution in [2.45, 2.75) is 6.92 Å². The lowest BCUT2D eigenvalue weighted by Crippen LogP contribution is -1.86. The summed E-state index contributed by atoms with van der Waals surface area (Å²) in [6.07, 6.45) is 0. The van der Waals surface area contributed by atoms with Crippen molar-refractivity contribution in [2.75, 3.05) is 0 Å². The summed E-state index contributed by atoms with van der Waals surface area (Å²) in [4.78, 5) is 0. The molecule has 0 amide bonds. The van der Waals surface area contributed by atoms with Gasteiger partial charge in [0, 0.05) is 0 Å². The van der Waals surface area contributed by atoms with E-state index in [1.54, 1.807) is 0 Å². The first-order valence-corrected chi connectivity index (χ1v) is 10.8. The molecule has 0 radical (unpaired) electrons. The molecule has 0 saturated heterocycles. The van der Waals surface area contributed by atoms with Crippen molar-refractivity contribution < 1.29 is 0 Å². The second-order valence-corrected chi connectivity index (χ2v) is 8.30. The standard InChI is InChI=1S/C31H22/c1-21-13-15-23(16-14-21)26-11-6-12-28-29(26)18-17-25-19-24-9-5-10-27(30(24)20-31(25)28)22-7-3-2-4-8-22/h2-20H,1H3. The molecule has 6 rings (SSSR count). The van der Waals surface area contributed by atoms with Gasteiger partial charge in [-0.3, -0.25) is 0 Å². The zero-order valence-corrected chi connectivity index (χ0v) is 17.5. The normalized spacial score (nSPS) is 11.4. The number of hydrogen-bond donors (Lipinski definition) is 0. The average molecular weight is 395 g/mol. The van der Waals surface area contributed by atoms with Crippen LogP contribution in [-0.4, -0.2) is 0 Å². The van der Waals surface area contributed by atoms with E-state index < -0.39 is 0 Å². The first kappa shape index (κ1) is 17.9. The largest absolute Gasteiger partial charge is 0.0622 e. The maximum Gasteiger partial charge on any atom is -0.00986 e. The fourth-order valence-corrected chi connectivity index (χ4v) is 4.72. The minimum absolute atomic E-state index is 1.26. The van der Waals surface area contributed by atoms with Crippen LogP contribution in [0.5, 0.6) is 0 Å². The Morgan fingerprint density at radius 1 is 0.387 bits per heavy atom. The third-order valence-electron chi connectivity index (χ3n) is 6.32. The quantitative estimate of drug-likeness (QED) is 0.203. The Kier molecular flexibility index (Phi) is 4.11. The molecule has 0 N–H and O–H groups in total. The van der Waals surface area contributed by atoms with Gasteiger partial charge in [-0.1, -0.05) is 109 Å². The molecule has 0 aromatic heterocycles. The molecule has 0 aliphatic heterocycles. The first-order chi connectivity index (χ1) is 15.3. The Hall–Kier alpha value is -3.90. The molecule has 146 valence electrons. The fourth-order valence-electron chi connectivity index (χ4n) is 4.72. The van der Waals surface area contributed by atoms with Crippen LogP contribution in [0.3, 0.4) is 0 Å². The van der Waals surface area contributed by atoms with E-state index in [2.05, 4.69) is 122 Å². The highest BCUT2D eigenvalue weighted by Crippen LogP contribution is 2.37. The molecule has 0 unspecified atom stereocenters. The third kappa shape index (κ3) is 3.00. The van der Waals surface area contributed by atoms with E-state index in [9.17, 15) is 0 Å². The highest BCUT2D eigenvalue weighted by atomic mass is 14.1. The number of hydrogen-bond acceptors (Lipinski definition) is 0. The van der Waals surface area contributed by atoms with Crippen LogP contribution in [0.2, 0.25) is 0 Å². The van der Waals surface area contributed by atoms with E-state index in [0.29, 0.717) is 0 Å². The maximum atomic E-state index is 2.38. The summed E-state index contributed by atoms with van der Waals surface area (Å²) in [7, 11) is 0. The van der Waals surface area contributed by atoms with Crippen LogP contribution in [0.4, 0.5) is 0 Å². The monoisotopic (exact) mass is 394 g/mol. The second kappa shape index (κ2) is 7.11. The number of fused-ring (bicyclic) bond motifs is 4.